The van der Waals surface area contributed by atoms with Crippen LogP contribution in [0.1, 0.15) is 22.3 Å². The van der Waals surface area contributed by atoms with Crippen molar-refractivity contribution in [2.75, 3.05) is 56.1 Å². The molecule has 4 aromatic carbocycles. The molecule has 2 heterocycles. The fraction of sp³-hybridized carbons (Fsp3) is 0.237. The number of aromatic amines is 2. The van der Waals surface area contributed by atoms with Crippen LogP contribution in [0.5, 0.6) is 11.5 Å². The van der Waals surface area contributed by atoms with Gasteiger partial charge in [0.15, 0.2) is 5.95 Å². The second kappa shape index (κ2) is 18.9. The molecular formula is C38H38F6N10O6. The van der Waals surface area contributed by atoms with Crippen molar-refractivity contribution in [3.05, 3.63) is 95.1 Å². The van der Waals surface area contributed by atoms with Gasteiger partial charge in [0.1, 0.15) is 11.5 Å². The van der Waals surface area contributed by atoms with Gasteiger partial charge < -0.3 is 51.2 Å². The van der Waals surface area contributed by atoms with Crippen LogP contribution in [0.3, 0.4) is 0 Å². The second-order valence-corrected chi connectivity index (χ2v) is 12.6. The molecule has 0 saturated carbocycles. The van der Waals surface area contributed by atoms with Crippen LogP contribution in [0.15, 0.2) is 72.8 Å². The second-order valence-electron chi connectivity index (χ2n) is 12.6. The summed E-state index contributed by atoms with van der Waals surface area (Å²) >= 11 is 0. The maximum Gasteiger partial charge on any atom is 0.416 e. The number of carbonyl (C=O) groups is 3. The lowest BCUT2D eigenvalue weighted by molar-refractivity contribution is -0.138. The highest BCUT2D eigenvalue weighted by Crippen LogP contribution is 2.36. The minimum Gasteiger partial charge on any atom is -0.495 e. The van der Waals surface area contributed by atoms with Crippen LogP contribution in [0, 0.1) is 0 Å². The number of fused-ring (bicyclic) bond motifs is 2. The maximum atomic E-state index is 12.9. The molecule has 0 radical (unpaired) electrons. The Labute approximate surface area is 336 Å². The molecule has 0 atom stereocenters. The number of nitrogens with two attached hydrogens (primary N) is 1. The third-order valence-electron chi connectivity index (χ3n) is 8.47. The zero-order chi connectivity index (χ0) is 43.6. The van der Waals surface area contributed by atoms with Crippen LogP contribution in [0.4, 0.5) is 64.0 Å². The van der Waals surface area contributed by atoms with Crippen molar-refractivity contribution in [1.82, 2.24) is 30.6 Å². The van der Waals surface area contributed by atoms with Gasteiger partial charge in [0.05, 0.1) is 65.9 Å². The summed E-state index contributed by atoms with van der Waals surface area (Å²) in [6.45, 7) is 0.502. The molecule has 9 N–H and O–H groups in total. The van der Waals surface area contributed by atoms with Crippen molar-refractivity contribution < 1.29 is 54.9 Å². The monoisotopic (exact) mass is 844 g/mol. The molecule has 6 rings (SSSR count). The molecule has 0 spiro atoms. The molecule has 0 aliphatic rings. The minimum absolute atomic E-state index is 0.0656. The van der Waals surface area contributed by atoms with E-state index in [1.165, 1.54) is 21.3 Å². The van der Waals surface area contributed by atoms with E-state index in [-0.39, 0.29) is 41.9 Å². The first-order valence-electron chi connectivity index (χ1n) is 17.6. The van der Waals surface area contributed by atoms with Crippen LogP contribution >= 0.6 is 0 Å². The van der Waals surface area contributed by atoms with Crippen molar-refractivity contribution in [2.45, 2.75) is 25.2 Å². The third kappa shape index (κ3) is 11.8. The Kier molecular flexibility index (Phi) is 13.8. The Morgan fingerprint density at radius 3 is 1.55 bits per heavy atom. The molecule has 60 heavy (non-hydrogen) atoms. The van der Waals surface area contributed by atoms with E-state index < -0.39 is 41.6 Å². The number of ether oxygens (including phenoxy) is 3. The highest BCUT2D eigenvalue weighted by Gasteiger charge is 2.32. The van der Waals surface area contributed by atoms with Crippen LogP contribution in [-0.4, -0.2) is 72.5 Å². The van der Waals surface area contributed by atoms with Crippen LogP contribution in [0.25, 0.3) is 22.1 Å². The number of nitrogen functional groups attached to an aromatic ring is 1. The highest BCUT2D eigenvalue weighted by molar-refractivity contribution is 5.92. The average Bonchev–Trinajstić information content (AvgIpc) is 3.78. The predicted molar refractivity (Wildman–Crippen MR) is 210 cm³/mol. The summed E-state index contributed by atoms with van der Waals surface area (Å²) in [5.41, 5.74) is 8.29. The molecule has 0 saturated heterocycles. The van der Waals surface area contributed by atoms with E-state index in [9.17, 15) is 40.7 Å². The van der Waals surface area contributed by atoms with Crippen LogP contribution in [-0.2, 0) is 29.9 Å². The van der Waals surface area contributed by atoms with Crippen molar-refractivity contribution >= 4 is 63.5 Å². The molecule has 0 aliphatic heterocycles. The number of urea groups is 2. The summed E-state index contributed by atoms with van der Waals surface area (Å²) in [5.74, 6) is 0.788. The molecular weight excluding hydrogens is 806 g/mol. The summed E-state index contributed by atoms with van der Waals surface area (Å²) in [4.78, 5) is 49.6. The number of imidazole rings is 2. The van der Waals surface area contributed by atoms with Crippen molar-refractivity contribution in [3.8, 4) is 11.5 Å². The molecule has 318 valence electrons. The highest BCUT2D eigenvalue weighted by atomic mass is 19.4. The van der Waals surface area contributed by atoms with Gasteiger partial charge in [0.2, 0.25) is 5.95 Å². The molecule has 22 heteroatoms. The number of hydrogen-bond donors (Lipinski definition) is 8. The Morgan fingerprint density at radius 2 is 1.10 bits per heavy atom. The molecule has 2 aromatic heterocycles. The van der Waals surface area contributed by atoms with Gasteiger partial charge in [-0.2, -0.15) is 26.3 Å². The van der Waals surface area contributed by atoms with E-state index in [1.54, 1.807) is 18.2 Å². The largest absolute Gasteiger partial charge is 0.495 e. The van der Waals surface area contributed by atoms with E-state index in [0.29, 0.717) is 29.8 Å². The summed E-state index contributed by atoms with van der Waals surface area (Å²) < 4.78 is 91.9. The number of methoxy groups -OCH3 is 3. The standard InChI is InChI=1S/C20H20F3N5O4.C18H18F3N5O2/c1-31-16-6-4-12(20(21,22)23)10-15(16)27-18(29)24-8-7-11-3-5-13-14(9-11)26-17(25-13)28-19(30)32-2;1-28-15-5-3-11(18(19,20)21)9-14(15)26-17(27)23-7-6-10-2-4-12-13(8-10)25-16(22)24-12/h3-6,9-10H,7-8H2,1-2H3,(H2,24,27,29)(H2,25,26,28,30);2-5,8-9H,6-7H2,1H3,(H3,22,24,25)(H2,23,26,27). The molecule has 6 aromatic rings. The number of H-pyrrole nitrogens is 2. The van der Waals surface area contributed by atoms with Crippen LogP contribution < -0.4 is 41.8 Å². The van der Waals surface area contributed by atoms with Gasteiger partial charge in [-0.25, -0.2) is 24.4 Å². The number of benzene rings is 4. The SMILES string of the molecule is COC(=O)Nc1nc2ccc(CCNC(=O)Nc3cc(C(F)(F)F)ccc3OC)cc2[nH]1.COc1ccc(C(F)(F)F)cc1NC(=O)NCCc1ccc2nc(N)[nH]c2c1. The van der Waals surface area contributed by atoms with Crippen LogP contribution in [0.2, 0.25) is 0 Å². The van der Waals surface area contributed by atoms with Gasteiger partial charge in [-0.15, -0.1) is 0 Å². The van der Waals surface area contributed by atoms with Gasteiger partial charge in [-0.3, -0.25) is 5.32 Å². The molecule has 0 bridgehead atoms. The number of amides is 5. The number of halogens is 6. The normalized spacial score (nSPS) is 11.3. The number of alkyl halides is 6. The maximum absolute atomic E-state index is 12.9. The van der Waals surface area contributed by atoms with Gasteiger partial charge >= 0.3 is 30.5 Å². The quantitative estimate of drug-likeness (QED) is 0.0599. The number of nitrogens with zero attached hydrogens (tertiary/aromatic N) is 2. The van der Waals surface area contributed by atoms with Gasteiger partial charge in [-0.1, -0.05) is 12.1 Å². The van der Waals surface area contributed by atoms with E-state index >= 15 is 0 Å². The summed E-state index contributed by atoms with van der Waals surface area (Å²) in [6.07, 6.45) is -8.76. The van der Waals surface area contributed by atoms with Gasteiger partial charge in [0.25, 0.3) is 0 Å². The Balaban J connectivity index is 0.000000230. The Hall–Kier alpha value is -7.39. The number of rotatable bonds is 11. The number of hydrogen-bond acceptors (Lipinski definition) is 9. The molecule has 5 amide bonds. The zero-order valence-corrected chi connectivity index (χ0v) is 31.9. The fourth-order valence-electron chi connectivity index (χ4n) is 5.59. The molecule has 0 aliphatic carbocycles. The average molecular weight is 845 g/mol. The smallest absolute Gasteiger partial charge is 0.416 e. The first-order valence-corrected chi connectivity index (χ1v) is 17.6. The van der Waals surface area contributed by atoms with E-state index in [0.717, 1.165) is 58.6 Å². The van der Waals surface area contributed by atoms with E-state index in [1.807, 2.05) is 18.2 Å². The number of nitrogens with one attached hydrogen (secondary N) is 7. The number of carbonyl (C=O) groups excluding carboxylic acids is 3. The minimum atomic E-state index is -4.54. The first-order chi connectivity index (χ1) is 28.4. The Morgan fingerprint density at radius 1 is 0.633 bits per heavy atom. The van der Waals surface area contributed by atoms with E-state index in [2.05, 4.69) is 51.3 Å². The first kappa shape index (κ1) is 43.7. The lowest BCUT2D eigenvalue weighted by Gasteiger charge is -2.14. The third-order valence-corrected chi connectivity index (χ3v) is 8.47. The Bertz CT molecular complexity index is 2470. The van der Waals surface area contributed by atoms with Gasteiger partial charge in [0, 0.05) is 13.1 Å². The lowest BCUT2D eigenvalue weighted by atomic mass is 10.1. The predicted octanol–water partition coefficient (Wildman–Crippen LogP) is 7.67. The zero-order valence-electron chi connectivity index (χ0n) is 31.9. The molecule has 0 unspecified atom stereocenters. The van der Waals surface area contributed by atoms with Crippen molar-refractivity contribution in [2.24, 2.45) is 0 Å². The summed E-state index contributed by atoms with van der Waals surface area (Å²) in [6, 6.07) is 15.3. The number of aromatic nitrogens is 4. The van der Waals surface area contributed by atoms with E-state index in [4.69, 9.17) is 15.2 Å². The van der Waals surface area contributed by atoms with Gasteiger partial charge in [-0.05, 0) is 84.6 Å². The lowest BCUT2D eigenvalue weighted by Crippen LogP contribution is -2.30. The summed E-state index contributed by atoms with van der Waals surface area (Å²) in [7, 11) is 3.84. The number of anilines is 4. The fourth-order valence-corrected chi connectivity index (χ4v) is 5.59. The topological polar surface area (TPSA) is 222 Å². The molecule has 0 fully saturated rings. The van der Waals surface area contributed by atoms with Crippen molar-refractivity contribution in [1.29, 1.82) is 0 Å². The van der Waals surface area contributed by atoms with Crippen molar-refractivity contribution in [3.63, 3.8) is 0 Å². The summed E-state index contributed by atoms with van der Waals surface area (Å²) in [5, 5.41) is 12.4. The molecule has 16 nitrogen and oxygen atoms in total.